The van der Waals surface area contributed by atoms with Crippen molar-refractivity contribution in [2.75, 3.05) is 59.5 Å². The van der Waals surface area contributed by atoms with Crippen LogP contribution in [-0.2, 0) is 34.0 Å². The monoisotopic (exact) mass is 520 g/mol. The summed E-state index contributed by atoms with van der Waals surface area (Å²) in [6.45, 7) is 4.86. The van der Waals surface area contributed by atoms with E-state index < -0.39 is 5.60 Å². The Kier molecular flexibility index (Phi) is 12.3. The van der Waals surface area contributed by atoms with E-state index in [-0.39, 0.29) is 6.29 Å². The molecule has 204 valence electrons. The number of rotatable bonds is 17. The molecular weight excluding hydrogens is 480 g/mol. The minimum absolute atomic E-state index is 0.0667. The van der Waals surface area contributed by atoms with Gasteiger partial charge in [0.15, 0.2) is 6.29 Å². The zero-order chi connectivity index (χ0) is 26.1. The second-order valence-electron chi connectivity index (χ2n) is 9.13. The average molecular weight is 521 g/mol. The Hall–Kier alpha value is -2.58. The average Bonchev–Trinajstić information content (AvgIpc) is 2.99. The van der Waals surface area contributed by atoms with Gasteiger partial charge in [0.2, 0.25) is 0 Å². The van der Waals surface area contributed by atoms with Gasteiger partial charge in [0.1, 0.15) is 5.60 Å². The predicted octanol–water partition coefficient (Wildman–Crippen LogP) is 5.59. The van der Waals surface area contributed by atoms with Crippen LogP contribution < -0.4 is 0 Å². The molecule has 0 aromatic heterocycles. The first-order valence-electron chi connectivity index (χ1n) is 13.7. The molecule has 6 heteroatoms. The molecule has 1 unspecified atom stereocenters. The lowest BCUT2D eigenvalue weighted by molar-refractivity contribution is -0.169. The van der Waals surface area contributed by atoms with Crippen LogP contribution >= 0.6 is 0 Å². The van der Waals surface area contributed by atoms with Gasteiger partial charge in [-0.05, 0) is 36.0 Å². The van der Waals surface area contributed by atoms with Gasteiger partial charge in [0.25, 0.3) is 0 Å². The van der Waals surface area contributed by atoms with E-state index >= 15 is 0 Å². The highest BCUT2D eigenvalue weighted by Gasteiger charge is 2.37. The molecule has 1 aliphatic heterocycles. The summed E-state index contributed by atoms with van der Waals surface area (Å²) in [6, 6.07) is 31.1. The van der Waals surface area contributed by atoms with E-state index in [2.05, 4.69) is 72.8 Å². The molecule has 1 fully saturated rings. The van der Waals surface area contributed by atoms with E-state index in [9.17, 15) is 0 Å². The van der Waals surface area contributed by atoms with Gasteiger partial charge in [-0.2, -0.15) is 0 Å². The molecule has 0 bridgehead atoms. The van der Waals surface area contributed by atoms with Gasteiger partial charge in [-0.15, -0.1) is 0 Å². The molecule has 1 atom stereocenters. The third kappa shape index (κ3) is 8.46. The van der Waals surface area contributed by atoms with Crippen molar-refractivity contribution >= 4 is 0 Å². The number of benzene rings is 3. The molecule has 4 rings (SSSR count). The van der Waals surface area contributed by atoms with Crippen molar-refractivity contribution < 1.29 is 28.4 Å². The van der Waals surface area contributed by atoms with Crippen molar-refractivity contribution in [2.45, 2.75) is 31.2 Å². The van der Waals surface area contributed by atoms with Crippen molar-refractivity contribution in [3.63, 3.8) is 0 Å². The Morgan fingerprint density at radius 2 is 1.00 bits per heavy atom. The molecule has 0 N–H and O–H groups in total. The number of ether oxygens (including phenoxy) is 6. The third-order valence-electron chi connectivity index (χ3n) is 6.50. The van der Waals surface area contributed by atoms with Crippen molar-refractivity contribution in [2.24, 2.45) is 0 Å². The summed E-state index contributed by atoms with van der Waals surface area (Å²) < 4.78 is 34.9. The fraction of sp³-hybridized carbons (Fsp3) is 0.438. The number of hydrogen-bond donors (Lipinski definition) is 0. The molecule has 1 saturated heterocycles. The van der Waals surface area contributed by atoms with Crippen LogP contribution in [0, 0.1) is 0 Å². The molecule has 0 saturated carbocycles. The van der Waals surface area contributed by atoms with E-state index in [1.807, 2.05) is 18.2 Å². The lowest BCUT2D eigenvalue weighted by Crippen LogP contribution is -2.34. The molecule has 0 aliphatic carbocycles. The summed E-state index contributed by atoms with van der Waals surface area (Å²) in [4.78, 5) is 0. The molecule has 0 spiro atoms. The van der Waals surface area contributed by atoms with Crippen LogP contribution in [0.4, 0.5) is 0 Å². The largest absolute Gasteiger partial charge is 0.377 e. The van der Waals surface area contributed by atoms with Crippen LogP contribution in [0.5, 0.6) is 0 Å². The first kappa shape index (κ1) is 28.4. The maximum absolute atomic E-state index is 6.71. The molecule has 3 aromatic rings. The van der Waals surface area contributed by atoms with Gasteiger partial charge in [0.05, 0.1) is 52.9 Å². The standard InChI is InChI=1S/C32H40O6/c1-4-12-28(13-5-1)32(29-14-6-2-7-15-29,30-16-8-3-9-17-30)38-27-25-35-23-21-33-20-22-34-24-26-37-31-18-10-11-19-36-31/h1-9,12-17,31H,10-11,18-27H2. The molecule has 38 heavy (non-hydrogen) atoms. The van der Waals surface area contributed by atoms with Gasteiger partial charge in [-0.25, -0.2) is 0 Å². The summed E-state index contributed by atoms with van der Waals surface area (Å²) in [5.41, 5.74) is 2.51. The summed E-state index contributed by atoms with van der Waals surface area (Å²) >= 11 is 0. The van der Waals surface area contributed by atoms with Gasteiger partial charge in [0, 0.05) is 6.61 Å². The zero-order valence-electron chi connectivity index (χ0n) is 22.2. The van der Waals surface area contributed by atoms with Crippen LogP contribution in [0.3, 0.4) is 0 Å². The normalized spacial score (nSPS) is 15.9. The van der Waals surface area contributed by atoms with E-state index in [0.717, 1.165) is 36.1 Å². The maximum atomic E-state index is 6.71. The zero-order valence-corrected chi connectivity index (χ0v) is 22.2. The minimum Gasteiger partial charge on any atom is -0.377 e. The van der Waals surface area contributed by atoms with E-state index in [1.165, 1.54) is 6.42 Å². The summed E-state index contributed by atoms with van der Waals surface area (Å²) in [7, 11) is 0. The van der Waals surface area contributed by atoms with Gasteiger partial charge in [-0.1, -0.05) is 91.0 Å². The highest BCUT2D eigenvalue weighted by Crippen LogP contribution is 2.40. The quantitative estimate of drug-likeness (QED) is 0.171. The lowest BCUT2D eigenvalue weighted by Gasteiger charge is -2.36. The summed E-state index contributed by atoms with van der Waals surface area (Å²) in [6.07, 6.45) is 3.20. The van der Waals surface area contributed by atoms with Gasteiger partial charge < -0.3 is 28.4 Å². The second kappa shape index (κ2) is 16.4. The van der Waals surface area contributed by atoms with E-state index in [1.54, 1.807) is 0 Å². The Morgan fingerprint density at radius 3 is 1.45 bits per heavy atom. The smallest absolute Gasteiger partial charge is 0.157 e. The van der Waals surface area contributed by atoms with Gasteiger partial charge >= 0.3 is 0 Å². The SMILES string of the molecule is c1ccc(C(OCCOCCOCCOCCOC2CCCCO2)(c2ccccc2)c2ccccc2)cc1. The molecule has 0 radical (unpaired) electrons. The van der Waals surface area contributed by atoms with Crippen LogP contribution in [0.15, 0.2) is 91.0 Å². The first-order valence-corrected chi connectivity index (χ1v) is 13.7. The Balaban J connectivity index is 1.18. The van der Waals surface area contributed by atoms with Crippen LogP contribution in [0.25, 0.3) is 0 Å². The topological polar surface area (TPSA) is 55.4 Å². The van der Waals surface area contributed by atoms with Crippen LogP contribution in [-0.4, -0.2) is 65.8 Å². The Labute approximate surface area is 226 Å². The molecule has 3 aromatic carbocycles. The van der Waals surface area contributed by atoms with Crippen molar-refractivity contribution in [1.82, 2.24) is 0 Å². The van der Waals surface area contributed by atoms with Crippen molar-refractivity contribution in [1.29, 1.82) is 0 Å². The third-order valence-corrected chi connectivity index (χ3v) is 6.50. The molecule has 0 amide bonds. The second-order valence-corrected chi connectivity index (χ2v) is 9.13. The van der Waals surface area contributed by atoms with Crippen molar-refractivity contribution in [3.05, 3.63) is 108 Å². The van der Waals surface area contributed by atoms with E-state index in [0.29, 0.717) is 52.9 Å². The van der Waals surface area contributed by atoms with Crippen LogP contribution in [0.1, 0.15) is 36.0 Å². The summed E-state index contributed by atoms with van der Waals surface area (Å²) in [5.74, 6) is 0. The lowest BCUT2D eigenvalue weighted by atomic mass is 9.80. The van der Waals surface area contributed by atoms with Crippen molar-refractivity contribution in [3.8, 4) is 0 Å². The molecule has 1 heterocycles. The fourth-order valence-electron chi connectivity index (χ4n) is 4.65. The highest BCUT2D eigenvalue weighted by atomic mass is 16.7. The molecular formula is C32H40O6. The minimum atomic E-state index is -0.728. The Bertz CT molecular complexity index is 896. The number of hydrogen-bond acceptors (Lipinski definition) is 6. The Morgan fingerprint density at radius 1 is 0.553 bits per heavy atom. The predicted molar refractivity (Wildman–Crippen MR) is 147 cm³/mol. The summed E-state index contributed by atoms with van der Waals surface area (Å²) in [5, 5.41) is 0. The van der Waals surface area contributed by atoms with Crippen LogP contribution in [0.2, 0.25) is 0 Å². The molecule has 6 nitrogen and oxygen atoms in total. The highest BCUT2D eigenvalue weighted by molar-refractivity contribution is 5.47. The molecule has 1 aliphatic rings. The first-order chi connectivity index (χ1) is 18.9. The fourth-order valence-corrected chi connectivity index (χ4v) is 4.65. The van der Waals surface area contributed by atoms with E-state index in [4.69, 9.17) is 28.4 Å². The van der Waals surface area contributed by atoms with Gasteiger partial charge in [-0.3, -0.25) is 0 Å². The maximum Gasteiger partial charge on any atom is 0.157 e.